The molecule has 3 heterocycles. The summed E-state index contributed by atoms with van der Waals surface area (Å²) in [5, 5.41) is 0. The minimum atomic E-state index is -0.980. The van der Waals surface area contributed by atoms with E-state index in [-0.39, 0.29) is 18.6 Å². The number of carbonyl (C=O) groups is 1. The van der Waals surface area contributed by atoms with Crippen molar-refractivity contribution in [1.29, 1.82) is 0 Å². The van der Waals surface area contributed by atoms with E-state index in [1.165, 1.54) is 0 Å². The van der Waals surface area contributed by atoms with Crippen molar-refractivity contribution in [3.8, 4) is 17.2 Å². The maximum Gasteiger partial charge on any atom is 0.246 e. The Hall–Kier alpha value is -3.77. The molecule has 1 amide bonds. The molecule has 4 aromatic carbocycles. The van der Waals surface area contributed by atoms with Crippen LogP contribution in [0.4, 0.5) is 5.69 Å². The molecule has 0 saturated heterocycles. The smallest absolute Gasteiger partial charge is 0.246 e. The number of hydrogen-bond acceptors (Lipinski definition) is 4. The first-order valence-electron chi connectivity index (χ1n) is 12.0. The van der Waals surface area contributed by atoms with Crippen molar-refractivity contribution in [2.24, 2.45) is 0 Å². The number of ether oxygens (including phenoxy) is 3. The largest absolute Gasteiger partial charge is 0.490 e. The van der Waals surface area contributed by atoms with Gasteiger partial charge in [-0.1, -0.05) is 78.9 Å². The molecule has 0 fully saturated rings. The fourth-order valence-corrected chi connectivity index (χ4v) is 6.38. The molecule has 6 heteroatoms. The van der Waals surface area contributed by atoms with E-state index >= 15 is 0 Å². The Balaban J connectivity index is 1.46. The molecule has 0 bridgehead atoms. The molecule has 36 heavy (non-hydrogen) atoms. The van der Waals surface area contributed by atoms with Crippen molar-refractivity contribution in [3.63, 3.8) is 0 Å². The molecular formula is C30H22BrNO4. The number of anilines is 1. The van der Waals surface area contributed by atoms with Crippen LogP contribution in [-0.2, 0) is 10.2 Å². The van der Waals surface area contributed by atoms with Gasteiger partial charge in [-0.05, 0) is 44.8 Å². The fourth-order valence-electron chi connectivity index (χ4n) is 5.74. The topological polar surface area (TPSA) is 48.0 Å². The summed E-state index contributed by atoms with van der Waals surface area (Å²) in [4.78, 5) is 16.7. The highest BCUT2D eigenvalue weighted by Gasteiger charge is 2.59. The molecular weight excluding hydrogens is 518 g/mol. The number of nitrogens with zero attached hydrogens (tertiary/aromatic N) is 1. The first kappa shape index (κ1) is 21.5. The maximum absolute atomic E-state index is 14.8. The SMILES string of the molecule is O=C1N(C(c2ccccc2)c2ccccc2)c2ccccc2C12COc1c2cc2c(c1Br)OCCO2. The van der Waals surface area contributed by atoms with E-state index < -0.39 is 5.41 Å². The number of fused-ring (bicyclic) bond motifs is 5. The average molecular weight is 540 g/mol. The quantitative estimate of drug-likeness (QED) is 0.318. The number of rotatable bonds is 3. The van der Waals surface area contributed by atoms with Crippen LogP contribution in [0.2, 0.25) is 0 Å². The summed E-state index contributed by atoms with van der Waals surface area (Å²) in [7, 11) is 0. The number of benzene rings is 4. The van der Waals surface area contributed by atoms with E-state index in [1.54, 1.807) is 0 Å². The van der Waals surface area contributed by atoms with E-state index in [0.29, 0.717) is 34.9 Å². The van der Waals surface area contributed by atoms with Gasteiger partial charge in [0.15, 0.2) is 11.5 Å². The first-order chi connectivity index (χ1) is 17.7. The Morgan fingerprint density at radius 1 is 0.750 bits per heavy atom. The van der Waals surface area contributed by atoms with Crippen LogP contribution in [0.1, 0.15) is 28.3 Å². The van der Waals surface area contributed by atoms with Gasteiger partial charge >= 0.3 is 0 Å². The predicted octanol–water partition coefficient (Wildman–Crippen LogP) is 6.04. The summed E-state index contributed by atoms with van der Waals surface area (Å²) >= 11 is 3.67. The Labute approximate surface area is 217 Å². The van der Waals surface area contributed by atoms with Crippen LogP contribution in [0.5, 0.6) is 17.2 Å². The van der Waals surface area contributed by atoms with Crippen LogP contribution in [0, 0.1) is 0 Å². The van der Waals surface area contributed by atoms with Crippen molar-refractivity contribution in [2.75, 3.05) is 24.7 Å². The standard InChI is InChI=1S/C30H22BrNO4/c31-25-27-22(17-24-28(25)35-16-15-34-24)30(18-36-27)21-13-7-8-14-23(21)32(29(30)33)26(19-9-3-1-4-10-19)20-11-5-2-6-12-20/h1-14,17,26H,15-16,18H2. The summed E-state index contributed by atoms with van der Waals surface area (Å²) in [6, 6.07) is 30.1. The molecule has 0 saturated carbocycles. The lowest BCUT2D eigenvalue weighted by molar-refractivity contribution is -0.122. The first-order valence-corrected chi connectivity index (χ1v) is 12.8. The minimum Gasteiger partial charge on any atom is -0.490 e. The third kappa shape index (κ3) is 2.91. The van der Waals surface area contributed by atoms with Crippen molar-refractivity contribution in [2.45, 2.75) is 11.5 Å². The maximum atomic E-state index is 14.8. The van der Waals surface area contributed by atoms with Gasteiger partial charge in [0.05, 0.1) is 6.04 Å². The van der Waals surface area contributed by atoms with Gasteiger partial charge in [0, 0.05) is 11.3 Å². The summed E-state index contributed by atoms with van der Waals surface area (Å²) in [6.45, 7) is 1.15. The van der Waals surface area contributed by atoms with Crippen molar-refractivity contribution in [1.82, 2.24) is 0 Å². The molecule has 1 unspecified atom stereocenters. The van der Waals surface area contributed by atoms with Crippen LogP contribution in [0.15, 0.2) is 95.5 Å². The molecule has 0 N–H and O–H groups in total. The van der Waals surface area contributed by atoms with E-state index in [9.17, 15) is 4.79 Å². The second-order valence-electron chi connectivity index (χ2n) is 9.20. The third-order valence-corrected chi connectivity index (χ3v) is 8.04. The van der Waals surface area contributed by atoms with Gasteiger partial charge in [-0.2, -0.15) is 0 Å². The van der Waals surface area contributed by atoms with E-state index in [4.69, 9.17) is 14.2 Å². The number of carbonyl (C=O) groups excluding carboxylic acids is 1. The van der Waals surface area contributed by atoms with Gasteiger partial charge in [0.2, 0.25) is 5.91 Å². The van der Waals surface area contributed by atoms with Gasteiger partial charge in [0.1, 0.15) is 35.5 Å². The summed E-state index contributed by atoms with van der Waals surface area (Å²) < 4.78 is 18.8. The summed E-state index contributed by atoms with van der Waals surface area (Å²) in [5.41, 5.74) is 3.75. The van der Waals surface area contributed by atoms with Crippen LogP contribution in [0.25, 0.3) is 0 Å². The molecule has 0 radical (unpaired) electrons. The Bertz CT molecular complexity index is 1450. The molecule has 7 rings (SSSR count). The van der Waals surface area contributed by atoms with E-state index in [0.717, 1.165) is 27.9 Å². The molecule has 5 nitrogen and oxygen atoms in total. The minimum absolute atomic E-state index is 0.0104. The van der Waals surface area contributed by atoms with E-state index in [2.05, 4.69) is 40.2 Å². The van der Waals surface area contributed by atoms with Gasteiger partial charge in [0.25, 0.3) is 0 Å². The lowest BCUT2D eigenvalue weighted by Gasteiger charge is -2.31. The van der Waals surface area contributed by atoms with Crippen LogP contribution >= 0.6 is 15.9 Å². The van der Waals surface area contributed by atoms with Gasteiger partial charge < -0.3 is 14.2 Å². The van der Waals surface area contributed by atoms with Crippen LogP contribution in [0.3, 0.4) is 0 Å². The second kappa shape index (κ2) is 8.14. The van der Waals surface area contributed by atoms with E-state index in [1.807, 2.05) is 71.6 Å². The number of halogens is 1. The molecule has 1 spiro atoms. The van der Waals surface area contributed by atoms with Crippen LogP contribution in [-0.4, -0.2) is 25.7 Å². The van der Waals surface area contributed by atoms with Crippen molar-refractivity contribution in [3.05, 3.63) is 118 Å². The average Bonchev–Trinajstić information content (AvgIpc) is 3.43. The Morgan fingerprint density at radius 3 is 2.11 bits per heavy atom. The monoisotopic (exact) mass is 539 g/mol. The highest BCUT2D eigenvalue weighted by atomic mass is 79.9. The summed E-state index contributed by atoms with van der Waals surface area (Å²) in [6.07, 6.45) is 0. The highest BCUT2D eigenvalue weighted by Crippen LogP contribution is 2.59. The zero-order valence-corrected chi connectivity index (χ0v) is 20.9. The number of para-hydroxylation sites is 1. The summed E-state index contributed by atoms with van der Waals surface area (Å²) in [5.74, 6) is 1.88. The van der Waals surface area contributed by atoms with Crippen molar-refractivity contribution >= 4 is 27.5 Å². The highest BCUT2D eigenvalue weighted by molar-refractivity contribution is 9.10. The fraction of sp³-hybridized carbons (Fsp3) is 0.167. The van der Waals surface area contributed by atoms with Gasteiger partial charge in [-0.3, -0.25) is 9.69 Å². The van der Waals surface area contributed by atoms with Crippen molar-refractivity contribution < 1.29 is 19.0 Å². The molecule has 0 aliphatic carbocycles. The molecule has 4 aromatic rings. The predicted molar refractivity (Wildman–Crippen MR) is 140 cm³/mol. The zero-order chi connectivity index (χ0) is 24.3. The molecule has 0 aromatic heterocycles. The normalized spacial score (nSPS) is 19.4. The molecule has 178 valence electrons. The molecule has 3 aliphatic rings. The third-order valence-electron chi connectivity index (χ3n) is 7.32. The lowest BCUT2D eigenvalue weighted by Crippen LogP contribution is -2.44. The van der Waals surface area contributed by atoms with Gasteiger partial charge in [-0.15, -0.1) is 0 Å². The Kier molecular flexibility index (Phi) is 4.86. The number of hydrogen-bond donors (Lipinski definition) is 0. The zero-order valence-electron chi connectivity index (χ0n) is 19.3. The number of amides is 1. The second-order valence-corrected chi connectivity index (χ2v) is 9.99. The molecule has 1 atom stereocenters. The Morgan fingerprint density at radius 2 is 1.39 bits per heavy atom. The van der Waals surface area contributed by atoms with Crippen LogP contribution < -0.4 is 19.1 Å². The molecule has 3 aliphatic heterocycles. The van der Waals surface area contributed by atoms with Gasteiger partial charge in [-0.25, -0.2) is 0 Å². The lowest BCUT2D eigenvalue weighted by atomic mass is 9.77.